The number of rotatable bonds is 4. The standard InChI is InChI=1S/C22H19Cl2FN4O2/c1-14-12-28(8-9-29(14)22(30)15-2-4-16(23)5-3-15)20-11-21(27-13-26-20)31-17-6-7-19(25)18(24)10-17/h2-7,10-11,13-14H,8-9,12H2,1H3/t14-/m1/s1. The van der Waals surface area contributed by atoms with Crippen molar-refractivity contribution in [2.75, 3.05) is 24.5 Å². The van der Waals surface area contributed by atoms with Crippen LogP contribution in [0.1, 0.15) is 17.3 Å². The molecule has 1 aromatic heterocycles. The van der Waals surface area contributed by atoms with E-state index in [1.165, 1.54) is 24.5 Å². The quantitative estimate of drug-likeness (QED) is 0.544. The number of amides is 1. The highest BCUT2D eigenvalue weighted by atomic mass is 35.5. The van der Waals surface area contributed by atoms with Gasteiger partial charge in [-0.05, 0) is 43.3 Å². The van der Waals surface area contributed by atoms with E-state index in [1.807, 2.05) is 11.8 Å². The van der Waals surface area contributed by atoms with Crippen LogP contribution in [0.3, 0.4) is 0 Å². The predicted molar refractivity (Wildman–Crippen MR) is 118 cm³/mol. The molecule has 4 rings (SSSR count). The van der Waals surface area contributed by atoms with Crippen LogP contribution in [0, 0.1) is 5.82 Å². The first-order chi connectivity index (χ1) is 14.9. The Kier molecular flexibility index (Phi) is 6.25. The highest BCUT2D eigenvalue weighted by Gasteiger charge is 2.29. The summed E-state index contributed by atoms with van der Waals surface area (Å²) in [5.74, 6) is 0.840. The number of halogens is 3. The number of hydrogen-bond acceptors (Lipinski definition) is 5. The second-order valence-electron chi connectivity index (χ2n) is 7.19. The number of benzene rings is 2. The van der Waals surface area contributed by atoms with Crippen molar-refractivity contribution in [1.82, 2.24) is 14.9 Å². The van der Waals surface area contributed by atoms with Gasteiger partial charge in [-0.3, -0.25) is 4.79 Å². The van der Waals surface area contributed by atoms with Crippen molar-refractivity contribution < 1.29 is 13.9 Å². The summed E-state index contributed by atoms with van der Waals surface area (Å²) in [6.45, 7) is 3.77. The van der Waals surface area contributed by atoms with Gasteiger partial charge in [-0.15, -0.1) is 0 Å². The zero-order valence-electron chi connectivity index (χ0n) is 16.6. The molecule has 1 aliphatic rings. The van der Waals surface area contributed by atoms with Crippen LogP contribution in [0.4, 0.5) is 10.2 Å². The molecule has 6 nitrogen and oxygen atoms in total. The molecule has 2 aromatic carbocycles. The maximum atomic E-state index is 13.3. The molecular formula is C22H19Cl2FN4O2. The van der Waals surface area contributed by atoms with Crippen molar-refractivity contribution in [2.45, 2.75) is 13.0 Å². The molecule has 0 radical (unpaired) electrons. The SMILES string of the molecule is C[C@@H]1CN(c2cc(Oc3ccc(F)c(Cl)c3)ncn2)CCN1C(=O)c1ccc(Cl)cc1. The van der Waals surface area contributed by atoms with Crippen LogP contribution in [0.25, 0.3) is 0 Å². The number of anilines is 1. The van der Waals surface area contributed by atoms with Crippen molar-refractivity contribution in [3.63, 3.8) is 0 Å². The maximum Gasteiger partial charge on any atom is 0.254 e. The molecule has 3 aromatic rings. The molecule has 31 heavy (non-hydrogen) atoms. The highest BCUT2D eigenvalue weighted by molar-refractivity contribution is 6.31. The summed E-state index contributed by atoms with van der Waals surface area (Å²) >= 11 is 11.7. The smallest absolute Gasteiger partial charge is 0.254 e. The molecule has 1 saturated heterocycles. The molecule has 0 saturated carbocycles. The highest BCUT2D eigenvalue weighted by Crippen LogP contribution is 2.27. The number of aromatic nitrogens is 2. The maximum absolute atomic E-state index is 13.3. The van der Waals surface area contributed by atoms with E-state index in [2.05, 4.69) is 14.9 Å². The predicted octanol–water partition coefficient (Wildman–Crippen LogP) is 5.07. The summed E-state index contributed by atoms with van der Waals surface area (Å²) in [5.41, 5.74) is 0.611. The van der Waals surface area contributed by atoms with Gasteiger partial charge in [0.25, 0.3) is 5.91 Å². The number of ether oxygens (including phenoxy) is 1. The lowest BCUT2D eigenvalue weighted by Crippen LogP contribution is -2.54. The van der Waals surface area contributed by atoms with Crippen molar-refractivity contribution in [2.24, 2.45) is 0 Å². The van der Waals surface area contributed by atoms with Crippen molar-refractivity contribution in [1.29, 1.82) is 0 Å². The van der Waals surface area contributed by atoms with Crippen LogP contribution in [0.5, 0.6) is 11.6 Å². The Hall–Kier alpha value is -2.90. The Morgan fingerprint density at radius 2 is 1.87 bits per heavy atom. The second kappa shape index (κ2) is 9.08. The van der Waals surface area contributed by atoms with E-state index in [9.17, 15) is 9.18 Å². The fourth-order valence-corrected chi connectivity index (χ4v) is 3.74. The lowest BCUT2D eigenvalue weighted by Gasteiger charge is -2.40. The average molecular weight is 461 g/mol. The number of piperazine rings is 1. The van der Waals surface area contributed by atoms with Crippen molar-refractivity contribution >= 4 is 34.9 Å². The van der Waals surface area contributed by atoms with Crippen LogP contribution in [-0.2, 0) is 0 Å². The third kappa shape index (κ3) is 4.89. The first-order valence-electron chi connectivity index (χ1n) is 9.67. The van der Waals surface area contributed by atoms with E-state index >= 15 is 0 Å². The number of hydrogen-bond donors (Lipinski definition) is 0. The van der Waals surface area contributed by atoms with Gasteiger partial charge in [0.1, 0.15) is 23.7 Å². The molecule has 0 aliphatic carbocycles. The zero-order chi connectivity index (χ0) is 22.0. The minimum atomic E-state index is -0.516. The van der Waals surface area contributed by atoms with Gasteiger partial charge in [-0.1, -0.05) is 23.2 Å². The van der Waals surface area contributed by atoms with Gasteiger partial charge in [0, 0.05) is 48.4 Å². The van der Waals surface area contributed by atoms with Crippen molar-refractivity contribution in [3.8, 4) is 11.6 Å². The Morgan fingerprint density at radius 1 is 1.10 bits per heavy atom. The summed E-state index contributed by atoms with van der Waals surface area (Å²) in [6, 6.07) is 12.7. The fourth-order valence-electron chi connectivity index (χ4n) is 3.45. The summed E-state index contributed by atoms with van der Waals surface area (Å²) in [5, 5.41) is 0.571. The monoisotopic (exact) mass is 460 g/mol. The Morgan fingerprint density at radius 3 is 2.58 bits per heavy atom. The van der Waals surface area contributed by atoms with E-state index in [1.54, 1.807) is 30.3 Å². The van der Waals surface area contributed by atoms with Gasteiger partial charge in [0.15, 0.2) is 0 Å². The first kappa shape index (κ1) is 21.3. The van der Waals surface area contributed by atoms with Gasteiger partial charge in [0.05, 0.1) is 5.02 Å². The third-order valence-corrected chi connectivity index (χ3v) is 5.59. The van der Waals surface area contributed by atoms with E-state index in [0.717, 1.165) is 0 Å². The van der Waals surface area contributed by atoms with Gasteiger partial charge >= 0.3 is 0 Å². The molecule has 1 fully saturated rings. The molecule has 0 spiro atoms. The molecular weight excluding hydrogens is 442 g/mol. The Labute approximate surface area is 189 Å². The van der Waals surface area contributed by atoms with Crippen LogP contribution in [-0.4, -0.2) is 46.5 Å². The van der Waals surface area contributed by atoms with Gasteiger partial charge in [-0.25, -0.2) is 14.4 Å². The molecule has 0 N–H and O–H groups in total. The number of carbonyl (C=O) groups excluding carboxylic acids is 1. The molecule has 1 aliphatic heterocycles. The molecule has 0 bridgehead atoms. The average Bonchev–Trinajstić information content (AvgIpc) is 2.76. The van der Waals surface area contributed by atoms with Gasteiger partial charge < -0.3 is 14.5 Å². The third-order valence-electron chi connectivity index (χ3n) is 5.04. The normalized spacial score (nSPS) is 16.3. The lowest BCUT2D eigenvalue weighted by atomic mass is 10.1. The van der Waals surface area contributed by atoms with Crippen LogP contribution in [0.15, 0.2) is 54.9 Å². The number of nitrogens with zero attached hydrogens (tertiary/aromatic N) is 4. The summed E-state index contributed by atoms with van der Waals surface area (Å²) in [6.07, 6.45) is 1.41. The molecule has 160 valence electrons. The van der Waals surface area contributed by atoms with Crippen LogP contribution < -0.4 is 9.64 Å². The van der Waals surface area contributed by atoms with E-state index in [-0.39, 0.29) is 17.0 Å². The molecule has 1 atom stereocenters. The van der Waals surface area contributed by atoms with Crippen molar-refractivity contribution in [3.05, 3.63) is 76.3 Å². The first-order valence-corrected chi connectivity index (χ1v) is 10.4. The molecule has 9 heteroatoms. The van der Waals surface area contributed by atoms with Crippen LogP contribution in [0.2, 0.25) is 10.0 Å². The molecule has 2 heterocycles. The largest absolute Gasteiger partial charge is 0.439 e. The minimum Gasteiger partial charge on any atom is -0.439 e. The summed E-state index contributed by atoms with van der Waals surface area (Å²) in [7, 11) is 0. The molecule has 0 unspecified atom stereocenters. The minimum absolute atomic E-state index is 0.0211. The van der Waals surface area contributed by atoms with E-state index in [4.69, 9.17) is 27.9 Å². The molecule has 1 amide bonds. The van der Waals surface area contributed by atoms with E-state index < -0.39 is 5.82 Å². The second-order valence-corrected chi connectivity index (χ2v) is 8.04. The topological polar surface area (TPSA) is 58.6 Å². The fraction of sp³-hybridized carbons (Fsp3) is 0.227. The summed E-state index contributed by atoms with van der Waals surface area (Å²) in [4.78, 5) is 25.2. The van der Waals surface area contributed by atoms with Crippen LogP contribution >= 0.6 is 23.2 Å². The van der Waals surface area contributed by atoms with Gasteiger partial charge in [-0.2, -0.15) is 0 Å². The lowest BCUT2D eigenvalue weighted by molar-refractivity contribution is 0.0673. The Balaban J connectivity index is 1.44. The number of carbonyl (C=O) groups is 1. The zero-order valence-corrected chi connectivity index (χ0v) is 18.1. The Bertz CT molecular complexity index is 1100. The summed E-state index contributed by atoms with van der Waals surface area (Å²) < 4.78 is 19.0. The van der Waals surface area contributed by atoms with Gasteiger partial charge in [0.2, 0.25) is 5.88 Å². The van der Waals surface area contributed by atoms with E-state index in [0.29, 0.717) is 47.7 Å².